The smallest absolute Gasteiger partial charge is 0.329 e. The topological polar surface area (TPSA) is 273 Å². The summed E-state index contributed by atoms with van der Waals surface area (Å²) in [5, 5.41) is 10.5. The zero-order chi connectivity index (χ0) is 38.0. The number of nitrogens with one attached hydrogen (secondary N) is 4. The summed E-state index contributed by atoms with van der Waals surface area (Å²) < 4.78 is 17.4. The van der Waals surface area contributed by atoms with Gasteiger partial charge in [0.05, 0.1) is 26.3 Å². The van der Waals surface area contributed by atoms with Crippen LogP contribution in [0.25, 0.3) is 0 Å². The Kier molecular flexibility index (Phi) is 19.8. The number of methoxy groups -OCH3 is 2. The Balaban J connectivity index is 0.000000500. The third-order valence-electron chi connectivity index (χ3n) is 6.65. The molecule has 0 fully saturated rings. The quantitative estimate of drug-likeness (QED) is 0.127. The van der Waals surface area contributed by atoms with Crippen molar-refractivity contribution in [1.82, 2.24) is 29.3 Å². The first-order chi connectivity index (χ1) is 23.4. The lowest BCUT2D eigenvalue weighted by Gasteiger charge is -2.18. The van der Waals surface area contributed by atoms with Gasteiger partial charge in [-0.1, -0.05) is 41.5 Å². The molecule has 0 aromatic carbocycles. The molecule has 50 heavy (non-hydrogen) atoms. The molecule has 1 unspecified atom stereocenters. The van der Waals surface area contributed by atoms with E-state index in [4.69, 9.17) is 20.9 Å². The van der Waals surface area contributed by atoms with E-state index in [0.29, 0.717) is 16.7 Å². The van der Waals surface area contributed by atoms with E-state index in [9.17, 15) is 28.8 Å². The fraction of sp³-hybridized carbons (Fsp3) is 0.667. The fourth-order valence-corrected chi connectivity index (χ4v) is 5.19. The number of anilines is 2. The fourth-order valence-electron chi connectivity index (χ4n) is 4.07. The highest BCUT2D eigenvalue weighted by molar-refractivity contribution is 7.10. The summed E-state index contributed by atoms with van der Waals surface area (Å²) in [6, 6.07) is -1.32. The first kappa shape index (κ1) is 43.9. The molecule has 0 spiro atoms. The second-order valence-electron chi connectivity index (χ2n) is 12.5. The molecule has 280 valence electrons. The van der Waals surface area contributed by atoms with Crippen LogP contribution in [0.3, 0.4) is 0 Å². The van der Waals surface area contributed by atoms with Gasteiger partial charge in [-0.3, -0.25) is 39.4 Å². The standard InChI is InChI=1S/2C15H25N5O4S/c1-8(2)5-11(21)17-13(23)10(16)6-9(3)7-12(22)18-15-19-14(24-4)20-25-15;1-8(2)7-11(22)17-13(23)12(16)9(3)5-6-10(21)18-15-19-14(24-4)20-25-15/h8-10H,5-7,16H2,1-4H3,(H,17,21,23)(H,18,19,20,22);8-9,12H,5-7,16H2,1-4H3,(H,17,22,23)(H,18,19,20,21)/t9?,10-;9-,12-/m00/s1. The van der Waals surface area contributed by atoms with Crippen LogP contribution in [0.15, 0.2) is 0 Å². The molecule has 0 aliphatic heterocycles. The molecular formula is C30H50N10O8S2. The summed E-state index contributed by atoms with van der Waals surface area (Å²) in [6.45, 7) is 11.1. The summed E-state index contributed by atoms with van der Waals surface area (Å²) in [6.07, 6.45) is 1.55. The predicted molar refractivity (Wildman–Crippen MR) is 188 cm³/mol. The predicted octanol–water partition coefficient (Wildman–Crippen LogP) is 1.84. The van der Waals surface area contributed by atoms with Gasteiger partial charge in [-0.2, -0.15) is 9.97 Å². The van der Waals surface area contributed by atoms with Crippen molar-refractivity contribution in [2.45, 2.75) is 92.2 Å². The molecular weight excluding hydrogens is 693 g/mol. The van der Waals surface area contributed by atoms with Crippen LogP contribution in [0.5, 0.6) is 12.0 Å². The van der Waals surface area contributed by atoms with Gasteiger partial charge < -0.3 is 31.6 Å². The Morgan fingerprint density at radius 1 is 0.680 bits per heavy atom. The van der Waals surface area contributed by atoms with Gasteiger partial charge in [0.15, 0.2) is 0 Å². The van der Waals surface area contributed by atoms with E-state index in [1.165, 1.54) is 14.2 Å². The van der Waals surface area contributed by atoms with Gasteiger partial charge in [-0.25, -0.2) is 0 Å². The summed E-state index contributed by atoms with van der Waals surface area (Å²) in [5.74, 6) is -2.33. The molecule has 0 saturated heterocycles. The molecule has 18 nitrogen and oxygen atoms in total. The van der Waals surface area contributed by atoms with Crippen molar-refractivity contribution in [3.63, 3.8) is 0 Å². The number of amides is 6. The monoisotopic (exact) mass is 742 g/mol. The van der Waals surface area contributed by atoms with Crippen molar-refractivity contribution >= 4 is 68.8 Å². The van der Waals surface area contributed by atoms with Crippen molar-refractivity contribution in [1.29, 1.82) is 0 Å². The molecule has 4 atom stereocenters. The minimum Gasteiger partial charge on any atom is -0.466 e. The molecule has 6 amide bonds. The van der Waals surface area contributed by atoms with E-state index >= 15 is 0 Å². The Bertz CT molecular complexity index is 1420. The first-order valence-electron chi connectivity index (χ1n) is 16.0. The Hall–Kier alpha value is -4.14. The van der Waals surface area contributed by atoms with Crippen LogP contribution >= 0.6 is 23.1 Å². The number of aromatic nitrogens is 4. The SMILES string of the molecule is COc1nsc(NC(=O)CC(C)C[C@H](N)C(=O)NC(=O)CC(C)C)n1.COc1nsc(NC(=O)CC[C@H](C)[C@H](N)C(=O)NC(=O)CC(C)C)n1. The van der Waals surface area contributed by atoms with Gasteiger partial charge in [0.1, 0.15) is 0 Å². The van der Waals surface area contributed by atoms with Crippen LogP contribution < -0.4 is 42.2 Å². The number of carbonyl (C=O) groups excluding carboxylic acids is 6. The van der Waals surface area contributed by atoms with E-state index in [0.717, 1.165) is 23.1 Å². The molecule has 0 aliphatic carbocycles. The number of hydrogen-bond donors (Lipinski definition) is 6. The number of imide groups is 2. The molecule has 0 aliphatic rings. The molecule has 8 N–H and O–H groups in total. The van der Waals surface area contributed by atoms with Crippen molar-refractivity contribution in [3.05, 3.63) is 0 Å². The highest BCUT2D eigenvalue weighted by Gasteiger charge is 2.24. The maximum absolute atomic E-state index is 12.0. The average molecular weight is 743 g/mol. The number of nitrogens with two attached hydrogens (primary N) is 2. The average Bonchev–Trinajstić information content (AvgIpc) is 3.67. The molecule has 0 bridgehead atoms. The van der Waals surface area contributed by atoms with E-state index in [-0.39, 0.29) is 91.4 Å². The third-order valence-corrected chi connectivity index (χ3v) is 7.88. The van der Waals surface area contributed by atoms with Crippen LogP contribution in [0.4, 0.5) is 10.3 Å². The van der Waals surface area contributed by atoms with Crippen molar-refractivity contribution in [2.75, 3.05) is 24.9 Å². The largest absolute Gasteiger partial charge is 0.466 e. The minimum atomic E-state index is -0.856. The lowest BCUT2D eigenvalue weighted by atomic mass is 9.96. The van der Waals surface area contributed by atoms with Gasteiger partial charge in [-0.15, -0.1) is 8.75 Å². The zero-order valence-corrected chi connectivity index (χ0v) is 31.4. The molecule has 2 aromatic heterocycles. The normalized spacial score (nSPS) is 13.2. The molecule has 2 heterocycles. The van der Waals surface area contributed by atoms with Crippen LogP contribution in [0.2, 0.25) is 0 Å². The van der Waals surface area contributed by atoms with Crippen LogP contribution in [0, 0.1) is 23.7 Å². The van der Waals surface area contributed by atoms with Crippen LogP contribution in [-0.2, 0) is 28.8 Å². The summed E-state index contributed by atoms with van der Waals surface area (Å²) in [7, 11) is 2.88. The molecule has 0 saturated carbocycles. The number of carbonyl (C=O) groups is 6. The van der Waals surface area contributed by atoms with Crippen molar-refractivity contribution in [2.24, 2.45) is 35.1 Å². The lowest BCUT2D eigenvalue weighted by Crippen LogP contribution is -2.47. The van der Waals surface area contributed by atoms with Crippen LogP contribution in [-0.4, -0.2) is 80.5 Å². The molecule has 0 radical (unpaired) electrons. The van der Waals surface area contributed by atoms with Gasteiger partial charge >= 0.3 is 12.0 Å². The second kappa shape index (κ2) is 22.6. The van der Waals surface area contributed by atoms with E-state index < -0.39 is 23.9 Å². The molecule has 2 rings (SSSR count). The Morgan fingerprint density at radius 3 is 1.58 bits per heavy atom. The van der Waals surface area contributed by atoms with Crippen molar-refractivity contribution < 1.29 is 38.2 Å². The highest BCUT2D eigenvalue weighted by Crippen LogP contribution is 2.19. The van der Waals surface area contributed by atoms with E-state index in [1.54, 1.807) is 6.92 Å². The van der Waals surface area contributed by atoms with Gasteiger partial charge in [0.25, 0.3) is 0 Å². The minimum absolute atomic E-state index is 0.143. The zero-order valence-electron chi connectivity index (χ0n) is 29.7. The number of rotatable bonds is 18. The van der Waals surface area contributed by atoms with E-state index in [1.807, 2.05) is 34.6 Å². The van der Waals surface area contributed by atoms with E-state index in [2.05, 4.69) is 40.0 Å². The van der Waals surface area contributed by atoms with Gasteiger partial charge in [0.2, 0.25) is 45.7 Å². The number of ether oxygens (including phenoxy) is 2. The Labute approximate surface area is 299 Å². The van der Waals surface area contributed by atoms with Crippen LogP contribution in [0.1, 0.15) is 80.1 Å². The maximum atomic E-state index is 12.0. The van der Waals surface area contributed by atoms with Gasteiger partial charge in [-0.05, 0) is 36.5 Å². The number of nitrogens with zero attached hydrogens (tertiary/aromatic N) is 4. The first-order valence-corrected chi connectivity index (χ1v) is 17.5. The Morgan fingerprint density at radius 2 is 1.14 bits per heavy atom. The van der Waals surface area contributed by atoms with Crippen molar-refractivity contribution in [3.8, 4) is 12.0 Å². The second-order valence-corrected chi connectivity index (χ2v) is 14.0. The molecule has 2 aromatic rings. The third kappa shape index (κ3) is 18.0. The lowest BCUT2D eigenvalue weighted by molar-refractivity contribution is -0.133. The maximum Gasteiger partial charge on any atom is 0.329 e. The number of hydrogen-bond acceptors (Lipinski definition) is 16. The molecule has 20 heteroatoms. The summed E-state index contributed by atoms with van der Waals surface area (Å²) >= 11 is 2.03. The highest BCUT2D eigenvalue weighted by atomic mass is 32.1. The summed E-state index contributed by atoms with van der Waals surface area (Å²) in [5.41, 5.74) is 11.7. The van der Waals surface area contributed by atoms with Gasteiger partial charge in [0, 0.05) is 48.7 Å². The summed E-state index contributed by atoms with van der Waals surface area (Å²) in [4.78, 5) is 78.8.